The van der Waals surface area contributed by atoms with Crippen LogP contribution in [0.15, 0.2) is 24.5 Å². The number of carbonyl (C=O) groups excluding carboxylic acids is 1. The van der Waals surface area contributed by atoms with Gasteiger partial charge in [-0.05, 0) is 50.3 Å². The Morgan fingerprint density at radius 3 is 2.71 bits per heavy atom. The number of pyridine rings is 1. The van der Waals surface area contributed by atoms with Crippen LogP contribution >= 0.6 is 11.3 Å². The maximum absolute atomic E-state index is 12.0. The number of hydrogen-bond donors (Lipinski definition) is 3. The minimum absolute atomic E-state index is 0.0278. The second-order valence-corrected chi connectivity index (χ2v) is 9.22. The Morgan fingerprint density at radius 2 is 2.04 bits per heavy atom. The van der Waals surface area contributed by atoms with Gasteiger partial charge in [-0.1, -0.05) is 0 Å². The third-order valence-corrected chi connectivity index (χ3v) is 7.54. The first kappa shape index (κ1) is 19.6. The molecule has 28 heavy (non-hydrogen) atoms. The van der Waals surface area contributed by atoms with Crippen LogP contribution in [-0.2, 0) is 17.6 Å². The van der Waals surface area contributed by atoms with E-state index >= 15 is 0 Å². The largest absolute Gasteiger partial charge is 0.326 e. The second-order valence-electron chi connectivity index (χ2n) is 8.12. The molecule has 2 aliphatic rings. The van der Waals surface area contributed by atoms with Crippen molar-refractivity contribution in [1.82, 2.24) is 4.98 Å². The molecule has 2 aromatic heterocycles. The Morgan fingerprint density at radius 1 is 1.25 bits per heavy atom. The number of carbonyl (C=O) groups is 1. The highest BCUT2D eigenvalue weighted by Gasteiger charge is 2.37. The van der Waals surface area contributed by atoms with Crippen LogP contribution in [0, 0.1) is 0 Å². The van der Waals surface area contributed by atoms with Crippen LogP contribution in [0.5, 0.6) is 0 Å². The van der Waals surface area contributed by atoms with Gasteiger partial charge in [-0.25, -0.2) is 0 Å². The molecule has 150 valence electrons. The van der Waals surface area contributed by atoms with Crippen molar-refractivity contribution in [3.8, 4) is 0 Å². The summed E-state index contributed by atoms with van der Waals surface area (Å²) >= 11 is 1.81. The van der Waals surface area contributed by atoms with E-state index in [1.165, 1.54) is 54.0 Å². The zero-order chi connectivity index (χ0) is 19.5. The number of quaternary nitrogens is 2. The summed E-state index contributed by atoms with van der Waals surface area (Å²) in [6.07, 6.45) is 8.68. The number of thiophene rings is 1. The molecule has 1 amide bonds. The van der Waals surface area contributed by atoms with Crippen molar-refractivity contribution in [2.45, 2.75) is 45.6 Å². The number of rotatable bonds is 5. The molecule has 0 radical (unpaired) electrons. The van der Waals surface area contributed by atoms with Crippen LogP contribution in [-0.4, -0.2) is 43.6 Å². The summed E-state index contributed by atoms with van der Waals surface area (Å²) in [6, 6.07) is 4.52. The number of fused-ring (bicyclic) bond motifs is 1. The van der Waals surface area contributed by atoms with Crippen molar-refractivity contribution in [3.05, 3.63) is 46.1 Å². The average molecular weight is 401 g/mol. The molecule has 0 aromatic carbocycles. The lowest BCUT2D eigenvalue weighted by Crippen LogP contribution is -3.28. The molecule has 3 N–H and O–H groups in total. The number of amides is 1. The normalized spacial score (nSPS) is 23.1. The van der Waals surface area contributed by atoms with E-state index in [-0.39, 0.29) is 11.9 Å². The Balaban J connectivity index is 1.78. The molecule has 4 rings (SSSR count). The first-order valence-corrected chi connectivity index (χ1v) is 11.5. The molecule has 6 heteroatoms. The topological polar surface area (TPSA) is 50.9 Å². The molecule has 1 aliphatic heterocycles. The maximum atomic E-state index is 12.0. The first-order valence-electron chi connectivity index (χ1n) is 10.7. The van der Waals surface area contributed by atoms with E-state index in [4.69, 9.17) is 0 Å². The fourth-order valence-electron chi connectivity index (χ4n) is 4.87. The van der Waals surface area contributed by atoms with Gasteiger partial charge in [0.1, 0.15) is 37.2 Å². The van der Waals surface area contributed by atoms with Crippen molar-refractivity contribution >= 4 is 22.2 Å². The van der Waals surface area contributed by atoms with Gasteiger partial charge < -0.3 is 15.1 Å². The summed E-state index contributed by atoms with van der Waals surface area (Å²) < 4.78 is 0. The highest BCUT2D eigenvalue weighted by atomic mass is 32.1. The number of aryl methyl sites for hydroxylation is 1. The fourth-order valence-corrected chi connectivity index (χ4v) is 6.24. The van der Waals surface area contributed by atoms with Gasteiger partial charge in [0, 0.05) is 29.8 Å². The molecule has 0 spiro atoms. The van der Waals surface area contributed by atoms with Gasteiger partial charge in [0.05, 0.1) is 12.1 Å². The molecule has 1 aliphatic carbocycles. The summed E-state index contributed by atoms with van der Waals surface area (Å²) in [5.74, 6) is 0.0278. The lowest BCUT2D eigenvalue weighted by molar-refractivity contribution is -1.02. The monoisotopic (exact) mass is 400 g/mol. The highest BCUT2D eigenvalue weighted by molar-refractivity contribution is 7.16. The van der Waals surface area contributed by atoms with Crippen LogP contribution < -0.4 is 15.1 Å². The number of nitrogens with one attached hydrogen (secondary N) is 3. The minimum atomic E-state index is 0.0278. The molecule has 3 heterocycles. The van der Waals surface area contributed by atoms with Gasteiger partial charge in [-0.15, -0.1) is 11.3 Å². The average Bonchev–Trinajstić information content (AvgIpc) is 3.07. The van der Waals surface area contributed by atoms with Crippen molar-refractivity contribution in [1.29, 1.82) is 0 Å². The van der Waals surface area contributed by atoms with E-state index in [9.17, 15) is 4.79 Å². The standard InChI is InChI=1S/C22H30N4OS/c1-3-25-11-13-26(14-12-25)21(17-7-6-10-23-15-17)20-18-8-4-5-9-19(18)28-22(20)24-16(2)27/h6-7,10,15,21H,3-5,8-9,11-14H2,1-2H3,(H,24,27)/p+2/t21-/m1/s1. The zero-order valence-electron chi connectivity index (χ0n) is 17.0. The third-order valence-electron chi connectivity index (χ3n) is 6.32. The Kier molecular flexibility index (Phi) is 6.09. The van der Waals surface area contributed by atoms with Crippen molar-refractivity contribution in [2.75, 3.05) is 38.0 Å². The molecule has 1 fully saturated rings. The number of nitrogens with zero attached hydrogens (tertiary/aromatic N) is 1. The molecular weight excluding hydrogens is 368 g/mol. The van der Waals surface area contributed by atoms with Gasteiger partial charge in [0.25, 0.3) is 0 Å². The van der Waals surface area contributed by atoms with Gasteiger partial charge in [-0.2, -0.15) is 0 Å². The van der Waals surface area contributed by atoms with E-state index in [2.05, 4.69) is 23.3 Å². The van der Waals surface area contributed by atoms with E-state index in [1.54, 1.807) is 16.7 Å². The summed E-state index contributed by atoms with van der Waals surface area (Å²) in [7, 11) is 0. The van der Waals surface area contributed by atoms with E-state index < -0.39 is 0 Å². The van der Waals surface area contributed by atoms with Crippen LogP contribution in [0.3, 0.4) is 0 Å². The molecule has 2 aromatic rings. The highest BCUT2D eigenvalue weighted by Crippen LogP contribution is 2.42. The molecule has 0 unspecified atom stereocenters. The Labute approximate surface area is 171 Å². The van der Waals surface area contributed by atoms with Gasteiger partial charge in [0.15, 0.2) is 0 Å². The Hall–Kier alpha value is -1.76. The van der Waals surface area contributed by atoms with Crippen LogP contribution in [0.4, 0.5) is 5.00 Å². The van der Waals surface area contributed by atoms with Crippen molar-refractivity contribution in [2.24, 2.45) is 0 Å². The molecule has 0 saturated carbocycles. The van der Waals surface area contributed by atoms with Gasteiger partial charge in [0.2, 0.25) is 5.91 Å². The number of hydrogen-bond acceptors (Lipinski definition) is 3. The Bertz CT molecular complexity index is 811. The van der Waals surface area contributed by atoms with Crippen LogP contribution in [0.2, 0.25) is 0 Å². The van der Waals surface area contributed by atoms with E-state index in [1.807, 2.05) is 29.8 Å². The van der Waals surface area contributed by atoms with Crippen LogP contribution in [0.25, 0.3) is 0 Å². The van der Waals surface area contributed by atoms with Crippen molar-refractivity contribution in [3.63, 3.8) is 0 Å². The molecule has 5 nitrogen and oxygen atoms in total. The third kappa shape index (κ3) is 4.00. The number of piperazine rings is 1. The molecular formula is C22H32N4OS+2. The summed E-state index contributed by atoms with van der Waals surface area (Å²) in [4.78, 5) is 21.2. The first-order chi connectivity index (χ1) is 13.7. The molecule has 0 bridgehead atoms. The number of likely N-dealkylation sites (N-methyl/N-ethyl adjacent to an activating group) is 1. The predicted molar refractivity (Wildman–Crippen MR) is 113 cm³/mol. The minimum Gasteiger partial charge on any atom is -0.326 e. The number of aromatic nitrogens is 1. The summed E-state index contributed by atoms with van der Waals surface area (Å²) in [5.41, 5.74) is 4.15. The lowest BCUT2D eigenvalue weighted by Gasteiger charge is -2.35. The van der Waals surface area contributed by atoms with Crippen molar-refractivity contribution < 1.29 is 14.6 Å². The maximum Gasteiger partial charge on any atom is 0.221 e. The quantitative estimate of drug-likeness (QED) is 0.698. The van der Waals surface area contributed by atoms with E-state index in [0.717, 1.165) is 30.9 Å². The van der Waals surface area contributed by atoms with Crippen LogP contribution in [0.1, 0.15) is 54.3 Å². The van der Waals surface area contributed by atoms with Gasteiger partial charge >= 0.3 is 0 Å². The van der Waals surface area contributed by atoms with E-state index in [0.29, 0.717) is 0 Å². The SMILES string of the molecule is CC[NH+]1CC[NH+]([C@H](c2cccnc2)c2c(NC(C)=O)sc3c2CCCC3)CC1. The summed E-state index contributed by atoms with van der Waals surface area (Å²) in [5, 5.41) is 4.26. The lowest BCUT2D eigenvalue weighted by atomic mass is 9.89. The predicted octanol–water partition coefficient (Wildman–Crippen LogP) is 0.873. The smallest absolute Gasteiger partial charge is 0.221 e. The zero-order valence-corrected chi connectivity index (χ0v) is 17.8. The van der Waals surface area contributed by atoms with Gasteiger partial charge in [-0.3, -0.25) is 9.78 Å². The molecule has 1 saturated heterocycles. The second kappa shape index (κ2) is 8.72. The molecule has 1 atom stereocenters. The summed E-state index contributed by atoms with van der Waals surface area (Å²) in [6.45, 7) is 9.85. The fraction of sp³-hybridized carbons (Fsp3) is 0.545. The number of anilines is 1.